The van der Waals surface area contributed by atoms with E-state index in [2.05, 4.69) is 5.32 Å². The molecule has 23 heavy (non-hydrogen) atoms. The number of nitrogens with one attached hydrogen (secondary N) is 1. The summed E-state index contributed by atoms with van der Waals surface area (Å²) in [6.45, 7) is 2.02. The average molecular weight is 317 g/mol. The molecule has 0 radical (unpaired) electrons. The van der Waals surface area contributed by atoms with Gasteiger partial charge < -0.3 is 5.32 Å². The number of hydrogen-bond acceptors (Lipinski definition) is 1. The summed E-state index contributed by atoms with van der Waals surface area (Å²) in [7, 11) is 0. The fourth-order valence-corrected chi connectivity index (χ4v) is 2.48. The van der Waals surface area contributed by atoms with E-state index >= 15 is 0 Å². The Labute approximate surface area is 135 Å². The molecule has 0 aliphatic rings. The third-order valence-corrected chi connectivity index (χ3v) is 3.67. The molecule has 1 amide bonds. The molecule has 4 heteroatoms. The maximum absolute atomic E-state index is 13.5. The van der Waals surface area contributed by atoms with Crippen LogP contribution in [0.1, 0.15) is 43.4 Å². The quantitative estimate of drug-likeness (QED) is 0.797. The lowest BCUT2D eigenvalue weighted by Gasteiger charge is -2.20. The summed E-state index contributed by atoms with van der Waals surface area (Å²) in [6, 6.07) is 12.0. The maximum atomic E-state index is 13.5. The topological polar surface area (TPSA) is 29.1 Å². The van der Waals surface area contributed by atoms with Crippen molar-refractivity contribution in [3.8, 4) is 0 Å². The molecular weight excluding hydrogens is 296 g/mol. The zero-order chi connectivity index (χ0) is 16.7. The molecule has 0 bridgehead atoms. The van der Waals surface area contributed by atoms with Gasteiger partial charge in [-0.1, -0.05) is 37.6 Å². The molecule has 0 heterocycles. The minimum absolute atomic E-state index is 0.0717. The third kappa shape index (κ3) is 5.47. The highest BCUT2D eigenvalue weighted by atomic mass is 19.1. The minimum Gasteiger partial charge on any atom is -0.349 e. The monoisotopic (exact) mass is 317 g/mol. The molecule has 0 fully saturated rings. The summed E-state index contributed by atoms with van der Waals surface area (Å²) in [5.74, 6) is -0.745. The molecule has 0 aromatic heterocycles. The molecule has 0 saturated carbocycles. The van der Waals surface area contributed by atoms with E-state index in [1.165, 1.54) is 24.3 Å². The van der Waals surface area contributed by atoms with Crippen LogP contribution in [0.3, 0.4) is 0 Å². The Kier molecular flexibility index (Phi) is 6.27. The van der Waals surface area contributed by atoms with Crippen molar-refractivity contribution in [1.82, 2.24) is 5.32 Å². The van der Waals surface area contributed by atoms with E-state index < -0.39 is 0 Å². The summed E-state index contributed by atoms with van der Waals surface area (Å²) in [6.07, 6.45) is 2.59. The van der Waals surface area contributed by atoms with E-state index in [-0.39, 0.29) is 23.6 Å². The summed E-state index contributed by atoms with van der Waals surface area (Å²) in [5, 5.41) is 2.94. The number of carbonyl (C=O) groups excluding carboxylic acids is 1. The van der Waals surface area contributed by atoms with Crippen molar-refractivity contribution in [2.45, 2.75) is 38.6 Å². The van der Waals surface area contributed by atoms with Crippen LogP contribution in [-0.4, -0.2) is 5.91 Å². The van der Waals surface area contributed by atoms with Crippen molar-refractivity contribution < 1.29 is 13.6 Å². The van der Waals surface area contributed by atoms with E-state index in [1.54, 1.807) is 24.3 Å². The summed E-state index contributed by atoms with van der Waals surface area (Å²) in [5.41, 5.74) is 1.44. The normalized spacial score (nSPS) is 12.0. The predicted octanol–water partition coefficient (Wildman–Crippen LogP) is 4.56. The van der Waals surface area contributed by atoms with Gasteiger partial charge in [-0.3, -0.25) is 4.79 Å². The third-order valence-electron chi connectivity index (χ3n) is 3.67. The second kappa shape index (κ2) is 8.42. The van der Waals surface area contributed by atoms with Crippen LogP contribution in [0.2, 0.25) is 0 Å². The van der Waals surface area contributed by atoms with E-state index in [1.807, 2.05) is 6.92 Å². The van der Waals surface area contributed by atoms with E-state index in [9.17, 15) is 13.6 Å². The van der Waals surface area contributed by atoms with Gasteiger partial charge in [-0.25, -0.2) is 8.78 Å². The van der Waals surface area contributed by atoms with Crippen molar-refractivity contribution >= 4 is 5.91 Å². The molecular formula is C19H21F2NO. The maximum Gasteiger partial charge on any atom is 0.220 e. The summed E-state index contributed by atoms with van der Waals surface area (Å²) < 4.78 is 26.9. The molecule has 1 unspecified atom stereocenters. The van der Waals surface area contributed by atoms with E-state index in [0.29, 0.717) is 18.4 Å². The molecule has 0 saturated heterocycles. The fourth-order valence-electron chi connectivity index (χ4n) is 2.48. The summed E-state index contributed by atoms with van der Waals surface area (Å²) in [4.78, 5) is 12.0. The Balaban J connectivity index is 2.18. The fraction of sp³-hybridized carbons (Fsp3) is 0.316. The standard InChI is InChI=1S/C19H21F2NO/c1-2-3-10-19(23)22-18(15-7-5-9-17(21)13-15)12-14-6-4-8-16(20)11-14/h4-9,11,13,18H,2-3,10,12H2,1H3,(H,22,23). The van der Waals surface area contributed by atoms with Gasteiger partial charge in [0.05, 0.1) is 6.04 Å². The van der Waals surface area contributed by atoms with Crippen molar-refractivity contribution in [3.05, 3.63) is 71.3 Å². The Morgan fingerprint density at radius 1 is 1.09 bits per heavy atom. The molecule has 122 valence electrons. The number of unbranched alkanes of at least 4 members (excludes halogenated alkanes) is 1. The van der Waals surface area contributed by atoms with Crippen molar-refractivity contribution in [2.24, 2.45) is 0 Å². The Bertz CT molecular complexity index is 657. The van der Waals surface area contributed by atoms with Crippen molar-refractivity contribution in [3.63, 3.8) is 0 Å². The first-order valence-corrected chi connectivity index (χ1v) is 7.87. The minimum atomic E-state index is -0.378. The van der Waals surface area contributed by atoms with Gasteiger partial charge in [0.25, 0.3) is 0 Å². The first-order chi connectivity index (χ1) is 11.1. The van der Waals surface area contributed by atoms with Gasteiger partial charge in [0.1, 0.15) is 11.6 Å². The van der Waals surface area contributed by atoms with Crippen LogP contribution in [0.5, 0.6) is 0 Å². The Hall–Kier alpha value is -2.23. The lowest BCUT2D eigenvalue weighted by molar-refractivity contribution is -0.121. The van der Waals surface area contributed by atoms with Crippen LogP contribution in [0.15, 0.2) is 48.5 Å². The molecule has 0 spiro atoms. The zero-order valence-electron chi connectivity index (χ0n) is 13.2. The SMILES string of the molecule is CCCCC(=O)NC(Cc1cccc(F)c1)c1cccc(F)c1. The molecule has 0 aliphatic heterocycles. The second-order valence-corrected chi connectivity index (χ2v) is 5.61. The number of benzene rings is 2. The molecule has 2 aromatic rings. The van der Waals surface area contributed by atoms with Gasteiger partial charge in [-0.2, -0.15) is 0 Å². The van der Waals surface area contributed by atoms with Crippen LogP contribution in [-0.2, 0) is 11.2 Å². The molecule has 2 nitrogen and oxygen atoms in total. The smallest absolute Gasteiger partial charge is 0.220 e. The zero-order valence-corrected chi connectivity index (χ0v) is 13.2. The largest absolute Gasteiger partial charge is 0.349 e. The van der Waals surface area contributed by atoms with Gasteiger partial charge in [0.15, 0.2) is 0 Å². The van der Waals surface area contributed by atoms with Gasteiger partial charge >= 0.3 is 0 Å². The number of halogens is 2. The van der Waals surface area contributed by atoms with Gasteiger partial charge in [-0.15, -0.1) is 0 Å². The molecule has 0 aliphatic carbocycles. The Morgan fingerprint density at radius 2 is 1.78 bits per heavy atom. The van der Waals surface area contributed by atoms with Crippen molar-refractivity contribution in [1.29, 1.82) is 0 Å². The van der Waals surface area contributed by atoms with Crippen molar-refractivity contribution in [2.75, 3.05) is 0 Å². The van der Waals surface area contributed by atoms with Gasteiger partial charge in [-0.05, 0) is 48.2 Å². The molecule has 1 atom stereocenters. The highest BCUT2D eigenvalue weighted by Gasteiger charge is 2.16. The van der Waals surface area contributed by atoms with Crippen LogP contribution in [0.4, 0.5) is 8.78 Å². The molecule has 2 rings (SSSR count). The van der Waals surface area contributed by atoms with Gasteiger partial charge in [0, 0.05) is 6.42 Å². The van der Waals surface area contributed by atoms with Crippen LogP contribution < -0.4 is 5.32 Å². The van der Waals surface area contributed by atoms with E-state index in [4.69, 9.17) is 0 Å². The first kappa shape index (κ1) is 17.1. The average Bonchev–Trinajstić information content (AvgIpc) is 2.52. The lowest BCUT2D eigenvalue weighted by Crippen LogP contribution is -2.29. The number of amides is 1. The highest BCUT2D eigenvalue weighted by Crippen LogP contribution is 2.20. The molecule has 1 N–H and O–H groups in total. The molecule has 2 aromatic carbocycles. The number of hydrogen-bond donors (Lipinski definition) is 1. The summed E-state index contributed by atoms with van der Waals surface area (Å²) >= 11 is 0. The number of carbonyl (C=O) groups is 1. The lowest BCUT2D eigenvalue weighted by atomic mass is 9.98. The van der Waals surface area contributed by atoms with Gasteiger partial charge in [0.2, 0.25) is 5.91 Å². The second-order valence-electron chi connectivity index (χ2n) is 5.61. The van der Waals surface area contributed by atoms with Crippen LogP contribution >= 0.6 is 0 Å². The predicted molar refractivity (Wildman–Crippen MR) is 86.9 cm³/mol. The van der Waals surface area contributed by atoms with Crippen LogP contribution in [0.25, 0.3) is 0 Å². The van der Waals surface area contributed by atoms with Crippen LogP contribution in [0, 0.1) is 11.6 Å². The van der Waals surface area contributed by atoms with E-state index in [0.717, 1.165) is 18.4 Å². The first-order valence-electron chi connectivity index (χ1n) is 7.87. The highest BCUT2D eigenvalue weighted by molar-refractivity contribution is 5.76. The number of rotatable bonds is 7. The Morgan fingerprint density at radius 3 is 2.43 bits per heavy atom.